The summed E-state index contributed by atoms with van der Waals surface area (Å²) in [6, 6.07) is 57.5. The van der Waals surface area contributed by atoms with Crippen LogP contribution in [0.2, 0.25) is 0 Å². The van der Waals surface area contributed by atoms with Gasteiger partial charge in [0.15, 0.2) is 0 Å². The van der Waals surface area contributed by atoms with Gasteiger partial charge in [-0.3, -0.25) is 4.57 Å². The lowest BCUT2D eigenvalue weighted by molar-refractivity contribution is 0.884. The van der Waals surface area contributed by atoms with Crippen molar-refractivity contribution in [1.29, 1.82) is 0 Å². The minimum atomic E-state index is 0.0260. The highest BCUT2D eigenvalue weighted by molar-refractivity contribution is 6.25. The minimum absolute atomic E-state index is 0.0260. The molecule has 228 valence electrons. The van der Waals surface area contributed by atoms with Crippen molar-refractivity contribution in [2.45, 2.75) is 6.04 Å². The van der Waals surface area contributed by atoms with Gasteiger partial charge in [0.2, 0.25) is 0 Å². The standard InChI is InChI=1S/C46H29N3/c1-6-17-41-32(10-1)26-40-45(47-41)38-23-21-31(27-44(38)49-43-19-8-7-18-42(43)48-46(40)49)29-12-9-11-28(24-29)30-20-22-37-35-15-3-2-13-33(35)34-14-4-5-16-36(34)39(37)25-30/h1-27,45,47H. The highest BCUT2D eigenvalue weighted by atomic mass is 15.1. The molecule has 3 nitrogen and oxygen atoms in total. The molecule has 0 aliphatic carbocycles. The van der Waals surface area contributed by atoms with Gasteiger partial charge in [0.05, 0.1) is 22.8 Å². The molecule has 11 rings (SSSR count). The number of hydrogen-bond donors (Lipinski definition) is 1. The average Bonchev–Trinajstić information content (AvgIpc) is 3.57. The summed E-state index contributed by atoms with van der Waals surface area (Å²) in [5.74, 6) is 1.00. The Morgan fingerprint density at radius 3 is 1.90 bits per heavy atom. The molecule has 0 saturated heterocycles. The first-order chi connectivity index (χ1) is 24.3. The van der Waals surface area contributed by atoms with Crippen LogP contribution < -0.4 is 5.32 Å². The van der Waals surface area contributed by atoms with Gasteiger partial charge in [0.1, 0.15) is 5.82 Å². The van der Waals surface area contributed by atoms with Crippen LogP contribution in [0.25, 0.3) is 82.9 Å². The van der Waals surface area contributed by atoms with E-state index >= 15 is 0 Å². The van der Waals surface area contributed by atoms with Gasteiger partial charge in [0, 0.05) is 16.8 Å². The van der Waals surface area contributed by atoms with Crippen LogP contribution in [0.5, 0.6) is 0 Å². The van der Waals surface area contributed by atoms with E-state index in [0.29, 0.717) is 0 Å². The number of fused-ring (bicyclic) bond motifs is 15. The van der Waals surface area contributed by atoms with Crippen molar-refractivity contribution in [3.8, 4) is 27.9 Å². The number of para-hydroxylation sites is 3. The van der Waals surface area contributed by atoms with E-state index in [1.165, 1.54) is 77.0 Å². The SMILES string of the molecule is C1=C2c3nc4ccccc4n3-c3cc(-c4cccc(-c5ccc6c7ccccc7c7ccccc7c6c5)c4)ccc3C2Nc2ccccc21. The number of aromatic nitrogens is 2. The summed E-state index contributed by atoms with van der Waals surface area (Å²) in [7, 11) is 0. The average molecular weight is 624 g/mol. The molecular weight excluding hydrogens is 595 g/mol. The monoisotopic (exact) mass is 623 g/mol. The van der Waals surface area contributed by atoms with Crippen molar-refractivity contribution in [2.24, 2.45) is 0 Å². The van der Waals surface area contributed by atoms with E-state index < -0.39 is 0 Å². The smallest absolute Gasteiger partial charge is 0.144 e. The largest absolute Gasteiger partial charge is 0.373 e. The Morgan fingerprint density at radius 1 is 0.490 bits per heavy atom. The molecule has 49 heavy (non-hydrogen) atoms. The van der Waals surface area contributed by atoms with Crippen molar-refractivity contribution in [2.75, 3.05) is 5.32 Å². The first kappa shape index (κ1) is 26.6. The van der Waals surface area contributed by atoms with Crippen molar-refractivity contribution in [3.63, 3.8) is 0 Å². The maximum atomic E-state index is 5.19. The van der Waals surface area contributed by atoms with E-state index in [2.05, 4.69) is 174 Å². The highest BCUT2D eigenvalue weighted by Gasteiger charge is 2.34. The van der Waals surface area contributed by atoms with E-state index in [0.717, 1.165) is 22.5 Å². The summed E-state index contributed by atoms with van der Waals surface area (Å²) in [6.45, 7) is 0. The second kappa shape index (κ2) is 10.0. The van der Waals surface area contributed by atoms with Gasteiger partial charge in [-0.25, -0.2) is 4.98 Å². The molecule has 9 aromatic rings. The summed E-state index contributed by atoms with van der Waals surface area (Å²) in [6.07, 6.45) is 2.31. The first-order valence-corrected chi connectivity index (χ1v) is 16.9. The Labute approximate surface area is 283 Å². The maximum Gasteiger partial charge on any atom is 0.144 e. The molecule has 1 N–H and O–H groups in total. The zero-order valence-electron chi connectivity index (χ0n) is 26.6. The van der Waals surface area contributed by atoms with E-state index in [1.807, 2.05) is 0 Å². The lowest BCUT2D eigenvalue weighted by Gasteiger charge is -2.34. The second-order valence-corrected chi connectivity index (χ2v) is 13.2. The molecule has 1 aromatic heterocycles. The van der Waals surface area contributed by atoms with Crippen LogP contribution in [0.1, 0.15) is 23.0 Å². The lowest BCUT2D eigenvalue weighted by atomic mass is 9.86. The molecule has 3 heteroatoms. The van der Waals surface area contributed by atoms with Crippen LogP contribution in [0, 0.1) is 0 Å². The lowest BCUT2D eigenvalue weighted by Crippen LogP contribution is -2.24. The third-order valence-corrected chi connectivity index (χ3v) is 10.6. The summed E-state index contributed by atoms with van der Waals surface area (Å²) in [4.78, 5) is 5.19. The molecule has 0 spiro atoms. The Morgan fingerprint density at radius 2 is 1.10 bits per heavy atom. The number of nitrogens with one attached hydrogen (secondary N) is 1. The van der Waals surface area contributed by atoms with E-state index in [9.17, 15) is 0 Å². The van der Waals surface area contributed by atoms with Crippen molar-refractivity contribution < 1.29 is 0 Å². The summed E-state index contributed by atoms with van der Waals surface area (Å²) >= 11 is 0. The van der Waals surface area contributed by atoms with Crippen molar-refractivity contribution in [3.05, 3.63) is 175 Å². The number of benzene rings is 8. The second-order valence-electron chi connectivity index (χ2n) is 13.2. The molecule has 2 aliphatic heterocycles. The number of hydrogen-bond acceptors (Lipinski definition) is 2. The van der Waals surface area contributed by atoms with Gasteiger partial charge in [-0.2, -0.15) is 0 Å². The van der Waals surface area contributed by atoms with Gasteiger partial charge in [0.25, 0.3) is 0 Å². The predicted octanol–water partition coefficient (Wildman–Crippen LogP) is 11.8. The van der Waals surface area contributed by atoms with Crippen LogP contribution in [-0.2, 0) is 0 Å². The Bertz CT molecular complexity index is 2840. The van der Waals surface area contributed by atoms with Crippen molar-refractivity contribution in [1.82, 2.24) is 9.55 Å². The minimum Gasteiger partial charge on any atom is -0.373 e. The van der Waals surface area contributed by atoms with E-state index in [4.69, 9.17) is 4.98 Å². The van der Waals surface area contributed by atoms with E-state index in [1.54, 1.807) is 0 Å². The van der Waals surface area contributed by atoms with Crippen LogP contribution in [0.4, 0.5) is 5.69 Å². The van der Waals surface area contributed by atoms with Gasteiger partial charge in [-0.15, -0.1) is 0 Å². The number of rotatable bonds is 2. The fraction of sp³-hybridized carbons (Fsp3) is 0.0217. The fourth-order valence-electron chi connectivity index (χ4n) is 8.27. The molecular formula is C46H29N3. The first-order valence-electron chi connectivity index (χ1n) is 16.9. The highest BCUT2D eigenvalue weighted by Crippen LogP contribution is 2.48. The zero-order chi connectivity index (χ0) is 32.1. The summed E-state index contributed by atoms with van der Waals surface area (Å²) < 4.78 is 2.36. The number of imidazole rings is 1. The molecule has 0 radical (unpaired) electrons. The normalized spacial score (nSPS) is 14.6. The molecule has 1 atom stereocenters. The van der Waals surface area contributed by atoms with Crippen LogP contribution in [-0.4, -0.2) is 9.55 Å². The molecule has 1 unspecified atom stereocenters. The Hall–Kier alpha value is -6.45. The predicted molar refractivity (Wildman–Crippen MR) is 205 cm³/mol. The summed E-state index contributed by atoms with van der Waals surface area (Å²) in [5.41, 5.74) is 12.9. The zero-order valence-corrected chi connectivity index (χ0v) is 26.6. The maximum absolute atomic E-state index is 5.19. The molecule has 2 aliphatic rings. The fourth-order valence-corrected chi connectivity index (χ4v) is 8.27. The van der Waals surface area contributed by atoms with Crippen LogP contribution in [0.3, 0.4) is 0 Å². The van der Waals surface area contributed by atoms with Crippen LogP contribution >= 0.6 is 0 Å². The van der Waals surface area contributed by atoms with E-state index in [-0.39, 0.29) is 6.04 Å². The Kier molecular flexibility index (Phi) is 5.44. The Balaban J connectivity index is 1.07. The third kappa shape index (κ3) is 3.87. The molecule has 0 amide bonds. The quantitative estimate of drug-likeness (QED) is 0.194. The van der Waals surface area contributed by atoms with Gasteiger partial charge >= 0.3 is 0 Å². The van der Waals surface area contributed by atoms with Crippen molar-refractivity contribution >= 4 is 60.7 Å². The topological polar surface area (TPSA) is 29.9 Å². The third-order valence-electron chi connectivity index (χ3n) is 10.6. The van der Waals surface area contributed by atoms with Gasteiger partial charge in [-0.05, 0) is 103 Å². The molecule has 8 aromatic carbocycles. The van der Waals surface area contributed by atoms with Gasteiger partial charge in [-0.1, -0.05) is 121 Å². The van der Waals surface area contributed by atoms with Gasteiger partial charge < -0.3 is 5.32 Å². The summed E-state index contributed by atoms with van der Waals surface area (Å²) in [5, 5.41) is 11.6. The molecule has 0 fully saturated rings. The molecule has 0 saturated carbocycles. The molecule has 0 bridgehead atoms. The molecule has 3 heterocycles. The van der Waals surface area contributed by atoms with Crippen LogP contribution in [0.15, 0.2) is 158 Å². The number of anilines is 1. The number of nitrogens with zero attached hydrogens (tertiary/aromatic N) is 2.